The lowest BCUT2D eigenvalue weighted by atomic mass is 10.0. The van der Waals surface area contributed by atoms with Gasteiger partial charge in [-0.2, -0.15) is 13.2 Å². The molecule has 3 rings (SSSR count). The molecule has 34 heavy (non-hydrogen) atoms. The molecule has 0 radical (unpaired) electrons. The number of ether oxygens (including phenoxy) is 1. The van der Waals surface area contributed by atoms with E-state index in [1.54, 1.807) is 30.3 Å². The van der Waals surface area contributed by atoms with E-state index in [4.69, 9.17) is 15.9 Å². The highest BCUT2D eigenvalue weighted by Crippen LogP contribution is 2.29. The number of hydrogen-bond acceptors (Lipinski definition) is 8. The number of hydrazine groups is 1. The number of nitrogens with one attached hydrogen (secondary N) is 4. The summed E-state index contributed by atoms with van der Waals surface area (Å²) in [6.45, 7) is 0.530. The lowest BCUT2D eigenvalue weighted by molar-refractivity contribution is -0.123. The second-order valence-corrected chi connectivity index (χ2v) is 7.52. The summed E-state index contributed by atoms with van der Waals surface area (Å²) in [6, 6.07) is 8.08. The molecule has 0 fully saturated rings. The van der Waals surface area contributed by atoms with Crippen molar-refractivity contribution in [3.63, 3.8) is 0 Å². The van der Waals surface area contributed by atoms with Crippen molar-refractivity contribution in [3.8, 4) is 5.75 Å². The molecule has 0 spiro atoms. The quantitative estimate of drug-likeness (QED) is 0.308. The number of nitrogens with zero attached hydrogens (tertiary/aromatic N) is 2. The first kappa shape index (κ1) is 24.8. The Hall–Kier alpha value is -3.80. The molecular weight excluding hydrogens is 451 g/mol. The van der Waals surface area contributed by atoms with E-state index in [1.165, 1.54) is 19.4 Å². The third-order valence-corrected chi connectivity index (χ3v) is 5.26. The summed E-state index contributed by atoms with van der Waals surface area (Å²) in [4.78, 5) is 16.8. The molecule has 1 unspecified atom stereocenters. The summed E-state index contributed by atoms with van der Waals surface area (Å²) in [5.41, 5.74) is 12.6. The van der Waals surface area contributed by atoms with E-state index in [1.807, 2.05) is 18.3 Å². The van der Waals surface area contributed by atoms with E-state index >= 15 is 0 Å². The maximum absolute atomic E-state index is 12.4. The molecular formula is C22H26F3N7O2. The number of guanidine groups is 1. The summed E-state index contributed by atoms with van der Waals surface area (Å²) >= 11 is 0. The van der Waals surface area contributed by atoms with E-state index in [0.717, 1.165) is 11.3 Å². The number of carbonyl (C=O) groups excluding carboxylic acids is 1. The number of amides is 1. The molecule has 1 heterocycles. The van der Waals surface area contributed by atoms with Crippen LogP contribution in [0.2, 0.25) is 0 Å². The molecule has 9 nitrogen and oxygen atoms in total. The van der Waals surface area contributed by atoms with Gasteiger partial charge in [-0.05, 0) is 41.8 Å². The highest BCUT2D eigenvalue weighted by molar-refractivity contribution is 5.98. The number of alkyl halides is 3. The summed E-state index contributed by atoms with van der Waals surface area (Å²) in [6.07, 6.45) is -3.17. The van der Waals surface area contributed by atoms with Crippen molar-refractivity contribution >= 4 is 29.5 Å². The summed E-state index contributed by atoms with van der Waals surface area (Å²) in [5.74, 6) is -0.257. The van der Waals surface area contributed by atoms with E-state index < -0.39 is 24.8 Å². The number of rotatable bonds is 7. The minimum absolute atomic E-state index is 0.0159. The predicted octanol–water partition coefficient (Wildman–Crippen LogP) is 3.05. The Morgan fingerprint density at radius 2 is 2.09 bits per heavy atom. The van der Waals surface area contributed by atoms with Crippen molar-refractivity contribution in [2.24, 2.45) is 4.99 Å². The maximum atomic E-state index is 12.4. The molecule has 1 aliphatic heterocycles. The Bertz CT molecular complexity index is 1120. The smallest absolute Gasteiger partial charge is 0.405 e. The SMILES string of the molecule is CCc1c(NC2=NC(c3ccc(C(=O)NCC(F)(F)F)c(OC)c3)NN2C)ccc(N)c1C=N. The van der Waals surface area contributed by atoms with Gasteiger partial charge >= 0.3 is 6.18 Å². The van der Waals surface area contributed by atoms with Crippen LogP contribution in [0.25, 0.3) is 0 Å². The number of methoxy groups -OCH3 is 1. The third kappa shape index (κ3) is 5.39. The monoisotopic (exact) mass is 477 g/mol. The van der Waals surface area contributed by atoms with Crippen molar-refractivity contribution in [2.45, 2.75) is 25.7 Å². The van der Waals surface area contributed by atoms with Crippen LogP contribution in [0.5, 0.6) is 5.75 Å². The van der Waals surface area contributed by atoms with Crippen LogP contribution in [0.1, 0.15) is 40.1 Å². The van der Waals surface area contributed by atoms with Crippen LogP contribution >= 0.6 is 0 Å². The Balaban J connectivity index is 1.83. The van der Waals surface area contributed by atoms with Gasteiger partial charge in [-0.15, -0.1) is 0 Å². The largest absolute Gasteiger partial charge is 0.496 e. The van der Waals surface area contributed by atoms with Gasteiger partial charge in [-0.3, -0.25) is 9.80 Å². The fraction of sp³-hybridized carbons (Fsp3) is 0.318. The van der Waals surface area contributed by atoms with Crippen LogP contribution in [0, 0.1) is 5.41 Å². The first-order valence-corrected chi connectivity index (χ1v) is 10.4. The number of nitrogen functional groups attached to an aromatic ring is 1. The molecule has 0 aliphatic carbocycles. The van der Waals surface area contributed by atoms with Gasteiger partial charge in [0.05, 0.1) is 12.7 Å². The molecule has 0 saturated carbocycles. The van der Waals surface area contributed by atoms with Crippen molar-refractivity contribution < 1.29 is 22.7 Å². The normalized spacial score (nSPS) is 15.6. The van der Waals surface area contributed by atoms with Crippen LogP contribution in [-0.2, 0) is 6.42 Å². The molecule has 1 atom stereocenters. The number of halogens is 3. The Kier molecular flexibility index (Phi) is 7.30. The van der Waals surface area contributed by atoms with Crippen molar-refractivity contribution in [2.75, 3.05) is 31.8 Å². The first-order valence-electron chi connectivity index (χ1n) is 10.4. The Morgan fingerprint density at radius 3 is 2.71 bits per heavy atom. The summed E-state index contributed by atoms with van der Waals surface area (Å²) in [5, 5.41) is 14.4. The molecule has 182 valence electrons. The molecule has 0 bridgehead atoms. The Morgan fingerprint density at radius 1 is 1.35 bits per heavy atom. The average Bonchev–Trinajstić information content (AvgIpc) is 3.17. The molecule has 12 heteroatoms. The fourth-order valence-corrected chi connectivity index (χ4v) is 3.56. The molecule has 0 aromatic heterocycles. The van der Waals surface area contributed by atoms with Gasteiger partial charge in [0.2, 0.25) is 5.96 Å². The van der Waals surface area contributed by atoms with Crippen LogP contribution in [0.3, 0.4) is 0 Å². The van der Waals surface area contributed by atoms with Crippen molar-refractivity contribution in [1.82, 2.24) is 15.8 Å². The molecule has 6 N–H and O–H groups in total. The van der Waals surface area contributed by atoms with Crippen LogP contribution in [0.4, 0.5) is 24.5 Å². The van der Waals surface area contributed by atoms with Crippen LogP contribution < -0.4 is 26.5 Å². The van der Waals surface area contributed by atoms with Crippen LogP contribution in [-0.4, -0.2) is 50.0 Å². The second-order valence-electron chi connectivity index (χ2n) is 7.52. The molecule has 2 aromatic carbocycles. The third-order valence-electron chi connectivity index (χ3n) is 5.26. The van der Waals surface area contributed by atoms with Crippen molar-refractivity contribution in [3.05, 3.63) is 52.6 Å². The van der Waals surface area contributed by atoms with E-state index in [0.29, 0.717) is 29.2 Å². The van der Waals surface area contributed by atoms with Gasteiger partial charge in [-0.25, -0.2) is 10.4 Å². The van der Waals surface area contributed by atoms with E-state index in [9.17, 15) is 18.0 Å². The highest BCUT2D eigenvalue weighted by atomic mass is 19.4. The highest BCUT2D eigenvalue weighted by Gasteiger charge is 2.29. The molecule has 1 amide bonds. The topological polar surface area (TPSA) is 128 Å². The van der Waals surface area contributed by atoms with Gasteiger partial charge in [0, 0.05) is 30.2 Å². The zero-order chi connectivity index (χ0) is 25.0. The number of hydrogen-bond donors (Lipinski definition) is 5. The number of carbonyl (C=O) groups is 1. The maximum Gasteiger partial charge on any atom is 0.405 e. The van der Waals surface area contributed by atoms with E-state index in [-0.39, 0.29) is 11.3 Å². The Labute approximate surface area is 194 Å². The molecule has 1 aliphatic rings. The number of anilines is 2. The summed E-state index contributed by atoms with van der Waals surface area (Å²) < 4.78 is 42.5. The average molecular weight is 477 g/mol. The zero-order valence-corrected chi connectivity index (χ0v) is 18.9. The predicted molar refractivity (Wildman–Crippen MR) is 124 cm³/mol. The molecule has 2 aromatic rings. The first-order chi connectivity index (χ1) is 16.1. The van der Waals surface area contributed by atoms with E-state index in [2.05, 4.69) is 15.7 Å². The standard InChI is InChI=1S/C22H26F3N7O2/c1-4-13-15(10-26)16(27)7-8-17(13)29-21-30-19(31-32(21)2)12-5-6-14(18(9-12)34-3)20(33)28-11-22(23,24)25/h5-10,19,26,31H,4,11,27H2,1-3H3,(H,28,33)(H,29,30). The number of nitrogens with two attached hydrogens (primary N) is 1. The molecule has 0 saturated heterocycles. The van der Waals surface area contributed by atoms with Crippen molar-refractivity contribution in [1.29, 1.82) is 5.41 Å². The van der Waals surface area contributed by atoms with Crippen LogP contribution in [0.15, 0.2) is 35.3 Å². The van der Waals surface area contributed by atoms with Gasteiger partial charge in [0.15, 0.2) is 0 Å². The zero-order valence-electron chi connectivity index (χ0n) is 18.9. The number of aliphatic imine (C=N–C) groups is 1. The lowest BCUT2D eigenvalue weighted by Gasteiger charge is -2.19. The second kappa shape index (κ2) is 10.00. The lowest BCUT2D eigenvalue weighted by Crippen LogP contribution is -2.38. The van der Waals surface area contributed by atoms with Gasteiger partial charge in [0.1, 0.15) is 18.5 Å². The van der Waals surface area contributed by atoms with Gasteiger partial charge in [-0.1, -0.05) is 13.0 Å². The van der Waals surface area contributed by atoms with Gasteiger partial charge in [0.25, 0.3) is 5.91 Å². The number of benzene rings is 2. The van der Waals surface area contributed by atoms with Gasteiger partial charge < -0.3 is 26.5 Å². The fourth-order valence-electron chi connectivity index (χ4n) is 3.56. The minimum Gasteiger partial charge on any atom is -0.496 e. The summed E-state index contributed by atoms with van der Waals surface area (Å²) in [7, 11) is 3.10. The minimum atomic E-state index is -4.51.